The number of furan rings is 1. The number of carbonyl (C=O) groups is 1. The molecule has 0 saturated heterocycles. The summed E-state index contributed by atoms with van der Waals surface area (Å²) in [4.78, 5) is 16.8. The number of imidazole rings is 1. The molecule has 4 aromatic rings. The lowest BCUT2D eigenvalue weighted by atomic mass is 10.2. The second-order valence-corrected chi connectivity index (χ2v) is 5.52. The third-order valence-corrected chi connectivity index (χ3v) is 4.01. The summed E-state index contributed by atoms with van der Waals surface area (Å²) in [6.07, 6.45) is 0. The molecule has 0 unspecified atom stereocenters. The third-order valence-electron chi connectivity index (χ3n) is 4.01. The van der Waals surface area contributed by atoms with Gasteiger partial charge < -0.3 is 14.3 Å². The van der Waals surface area contributed by atoms with E-state index in [4.69, 9.17) is 4.42 Å². The molecule has 2 aromatic heterocycles. The number of carbonyl (C=O) groups excluding carboxylic acids is 1. The molecule has 0 aliphatic heterocycles. The van der Waals surface area contributed by atoms with Crippen molar-refractivity contribution in [3.8, 4) is 0 Å². The smallest absolute Gasteiger partial charge is 0.291 e. The Balaban J connectivity index is 1.65. The Hall–Kier alpha value is -3.08. The maximum atomic E-state index is 12.4. The molecule has 0 atom stereocenters. The predicted octanol–water partition coefficient (Wildman–Crippen LogP) is 3.88. The van der Waals surface area contributed by atoms with E-state index in [1.165, 1.54) is 0 Å². The number of aryl methyl sites for hydroxylation is 2. The molecule has 114 valence electrons. The average molecular weight is 305 g/mol. The fraction of sp³-hybridized carbons (Fsp3) is 0.111. The number of aromatic nitrogens is 2. The zero-order valence-electron chi connectivity index (χ0n) is 12.8. The van der Waals surface area contributed by atoms with Crippen LogP contribution in [0.1, 0.15) is 16.4 Å². The number of anilines is 1. The molecule has 0 fully saturated rings. The van der Waals surface area contributed by atoms with Crippen molar-refractivity contribution in [2.45, 2.75) is 6.92 Å². The highest BCUT2D eigenvalue weighted by atomic mass is 16.3. The fourth-order valence-corrected chi connectivity index (χ4v) is 2.68. The van der Waals surface area contributed by atoms with Crippen molar-refractivity contribution >= 4 is 33.6 Å². The van der Waals surface area contributed by atoms with Crippen LogP contribution in [-0.2, 0) is 7.05 Å². The van der Waals surface area contributed by atoms with E-state index >= 15 is 0 Å². The van der Waals surface area contributed by atoms with E-state index < -0.39 is 0 Å². The molecule has 5 nitrogen and oxygen atoms in total. The normalized spacial score (nSPS) is 11.2. The minimum Gasteiger partial charge on any atom is -0.451 e. The lowest BCUT2D eigenvalue weighted by Gasteiger charge is -2.03. The first kappa shape index (κ1) is 13.6. The molecule has 2 heterocycles. The van der Waals surface area contributed by atoms with Gasteiger partial charge in [-0.1, -0.05) is 18.2 Å². The van der Waals surface area contributed by atoms with Crippen molar-refractivity contribution in [1.29, 1.82) is 0 Å². The van der Waals surface area contributed by atoms with Gasteiger partial charge in [-0.2, -0.15) is 0 Å². The zero-order valence-corrected chi connectivity index (χ0v) is 12.8. The highest BCUT2D eigenvalue weighted by molar-refractivity contribution is 6.05. The largest absolute Gasteiger partial charge is 0.451 e. The Morgan fingerprint density at radius 2 is 2.00 bits per heavy atom. The summed E-state index contributed by atoms with van der Waals surface area (Å²) in [5.74, 6) is 0.956. The number of fused-ring (bicyclic) bond motifs is 2. The van der Waals surface area contributed by atoms with Crippen molar-refractivity contribution < 1.29 is 9.21 Å². The number of rotatable bonds is 2. The molecule has 1 amide bonds. The van der Waals surface area contributed by atoms with Crippen LogP contribution in [0.15, 0.2) is 52.9 Å². The number of amides is 1. The SMILES string of the molecule is Cc1nc2cc(NC(=O)c3cc4ccccc4o3)ccc2n1C. The Morgan fingerprint density at radius 3 is 2.83 bits per heavy atom. The molecule has 0 bridgehead atoms. The van der Waals surface area contributed by atoms with E-state index in [1.54, 1.807) is 6.07 Å². The van der Waals surface area contributed by atoms with Crippen molar-refractivity contribution in [3.05, 3.63) is 60.1 Å². The van der Waals surface area contributed by atoms with Gasteiger partial charge in [-0.15, -0.1) is 0 Å². The van der Waals surface area contributed by atoms with Gasteiger partial charge in [-0.3, -0.25) is 4.79 Å². The topological polar surface area (TPSA) is 60.1 Å². The molecule has 0 saturated carbocycles. The summed E-state index contributed by atoms with van der Waals surface area (Å²) in [6.45, 7) is 1.95. The summed E-state index contributed by atoms with van der Waals surface area (Å²) < 4.78 is 7.60. The Morgan fingerprint density at radius 1 is 1.17 bits per heavy atom. The van der Waals surface area contributed by atoms with E-state index in [0.29, 0.717) is 17.0 Å². The fourth-order valence-electron chi connectivity index (χ4n) is 2.68. The van der Waals surface area contributed by atoms with Gasteiger partial charge in [0.2, 0.25) is 0 Å². The molecule has 0 spiro atoms. The monoisotopic (exact) mass is 305 g/mol. The molecule has 0 radical (unpaired) electrons. The quantitative estimate of drug-likeness (QED) is 0.611. The number of hydrogen-bond acceptors (Lipinski definition) is 3. The van der Waals surface area contributed by atoms with E-state index in [2.05, 4.69) is 10.3 Å². The van der Waals surface area contributed by atoms with Crippen LogP contribution in [0.5, 0.6) is 0 Å². The molecule has 23 heavy (non-hydrogen) atoms. The van der Waals surface area contributed by atoms with Crippen LogP contribution in [0.2, 0.25) is 0 Å². The second kappa shape index (κ2) is 4.98. The lowest BCUT2D eigenvalue weighted by molar-refractivity contribution is 0.0998. The molecular weight excluding hydrogens is 290 g/mol. The van der Waals surface area contributed by atoms with Gasteiger partial charge in [-0.05, 0) is 37.3 Å². The number of nitrogens with one attached hydrogen (secondary N) is 1. The second-order valence-electron chi connectivity index (χ2n) is 5.52. The van der Waals surface area contributed by atoms with Crippen LogP contribution in [-0.4, -0.2) is 15.5 Å². The van der Waals surface area contributed by atoms with Gasteiger partial charge in [0.1, 0.15) is 11.4 Å². The van der Waals surface area contributed by atoms with Crippen LogP contribution in [0.25, 0.3) is 22.0 Å². The van der Waals surface area contributed by atoms with Crippen molar-refractivity contribution in [1.82, 2.24) is 9.55 Å². The highest BCUT2D eigenvalue weighted by Gasteiger charge is 2.13. The standard InChI is InChI=1S/C18H15N3O2/c1-11-19-14-10-13(7-8-15(14)21(11)2)20-18(22)17-9-12-5-3-4-6-16(12)23-17/h3-10H,1-2H3,(H,20,22). The van der Waals surface area contributed by atoms with E-state index in [9.17, 15) is 4.79 Å². The molecule has 1 N–H and O–H groups in total. The van der Waals surface area contributed by atoms with Crippen LogP contribution in [0.3, 0.4) is 0 Å². The summed E-state index contributed by atoms with van der Waals surface area (Å²) in [7, 11) is 1.97. The predicted molar refractivity (Wildman–Crippen MR) is 89.6 cm³/mol. The third kappa shape index (κ3) is 2.26. The molecule has 0 aliphatic carbocycles. The Kier molecular flexibility index (Phi) is 2.94. The van der Waals surface area contributed by atoms with E-state index in [1.807, 2.05) is 61.0 Å². The van der Waals surface area contributed by atoms with Crippen molar-refractivity contribution in [2.24, 2.45) is 7.05 Å². The van der Waals surface area contributed by atoms with Gasteiger partial charge in [0.05, 0.1) is 11.0 Å². The summed E-state index contributed by atoms with van der Waals surface area (Å²) in [6, 6.07) is 15.0. The summed E-state index contributed by atoms with van der Waals surface area (Å²) in [5, 5.41) is 3.77. The average Bonchev–Trinajstić information content (AvgIpc) is 3.09. The first-order valence-corrected chi connectivity index (χ1v) is 7.35. The van der Waals surface area contributed by atoms with Gasteiger partial charge in [0.25, 0.3) is 5.91 Å². The maximum absolute atomic E-state index is 12.4. The van der Waals surface area contributed by atoms with Crippen molar-refractivity contribution in [2.75, 3.05) is 5.32 Å². The van der Waals surface area contributed by atoms with Crippen molar-refractivity contribution in [3.63, 3.8) is 0 Å². The van der Waals surface area contributed by atoms with Crippen LogP contribution in [0.4, 0.5) is 5.69 Å². The van der Waals surface area contributed by atoms with Gasteiger partial charge in [0, 0.05) is 18.1 Å². The summed E-state index contributed by atoms with van der Waals surface area (Å²) in [5.41, 5.74) is 3.28. The van der Waals surface area contributed by atoms with E-state index in [-0.39, 0.29) is 5.91 Å². The van der Waals surface area contributed by atoms with E-state index in [0.717, 1.165) is 22.2 Å². The highest BCUT2D eigenvalue weighted by Crippen LogP contribution is 2.22. The van der Waals surface area contributed by atoms with Gasteiger partial charge in [-0.25, -0.2) is 4.98 Å². The van der Waals surface area contributed by atoms with Gasteiger partial charge >= 0.3 is 0 Å². The molecule has 2 aromatic carbocycles. The number of para-hydroxylation sites is 1. The zero-order chi connectivity index (χ0) is 16.0. The molecule has 4 rings (SSSR count). The molecule has 0 aliphatic rings. The first-order valence-electron chi connectivity index (χ1n) is 7.35. The number of benzene rings is 2. The van der Waals surface area contributed by atoms with Gasteiger partial charge in [0.15, 0.2) is 5.76 Å². The number of hydrogen-bond donors (Lipinski definition) is 1. The minimum atomic E-state index is -0.270. The lowest BCUT2D eigenvalue weighted by Crippen LogP contribution is -2.10. The number of nitrogens with zero attached hydrogens (tertiary/aromatic N) is 2. The molecule has 5 heteroatoms. The first-order chi connectivity index (χ1) is 11.1. The Bertz CT molecular complexity index is 1010. The van der Waals surface area contributed by atoms with Crippen LogP contribution < -0.4 is 5.32 Å². The maximum Gasteiger partial charge on any atom is 0.291 e. The summed E-state index contributed by atoms with van der Waals surface area (Å²) >= 11 is 0. The van der Waals surface area contributed by atoms with Crippen LogP contribution >= 0.6 is 0 Å². The Labute approximate surface area is 132 Å². The molecular formula is C18H15N3O2. The minimum absolute atomic E-state index is 0.270. The van der Waals surface area contributed by atoms with Crippen LogP contribution in [0, 0.1) is 6.92 Å².